The van der Waals surface area contributed by atoms with Gasteiger partial charge in [0.25, 0.3) is 5.56 Å². The van der Waals surface area contributed by atoms with Gasteiger partial charge in [-0.3, -0.25) is 4.79 Å². The van der Waals surface area contributed by atoms with Gasteiger partial charge >= 0.3 is 0 Å². The number of rotatable bonds is 3. The van der Waals surface area contributed by atoms with E-state index in [1.165, 1.54) is 4.68 Å². The van der Waals surface area contributed by atoms with Crippen LogP contribution >= 0.6 is 0 Å². The maximum atomic E-state index is 12.4. The van der Waals surface area contributed by atoms with E-state index < -0.39 is 0 Å². The maximum Gasteiger partial charge on any atom is 0.277 e. The van der Waals surface area contributed by atoms with Gasteiger partial charge in [-0.2, -0.15) is 10.2 Å². The second kappa shape index (κ2) is 4.92. The van der Waals surface area contributed by atoms with Gasteiger partial charge in [-0.25, -0.2) is 9.36 Å². The van der Waals surface area contributed by atoms with Crippen molar-refractivity contribution in [3.8, 4) is 5.69 Å². The van der Waals surface area contributed by atoms with Crippen LogP contribution in [0.5, 0.6) is 0 Å². The molecular formula is C15H16N4O. The minimum atomic E-state index is -0.0848. The second-order valence-corrected chi connectivity index (χ2v) is 5.22. The first-order valence-corrected chi connectivity index (χ1v) is 6.66. The molecule has 2 aromatic heterocycles. The summed E-state index contributed by atoms with van der Waals surface area (Å²) in [6, 6.07) is 9.73. The zero-order chi connectivity index (χ0) is 14.1. The molecule has 0 spiro atoms. The van der Waals surface area contributed by atoms with Gasteiger partial charge in [0.1, 0.15) is 0 Å². The fraction of sp³-hybridized carbons (Fsp3) is 0.267. The minimum absolute atomic E-state index is 0.0848. The van der Waals surface area contributed by atoms with Gasteiger partial charge in [0.05, 0.1) is 29.0 Å². The van der Waals surface area contributed by atoms with E-state index in [9.17, 15) is 4.79 Å². The lowest BCUT2D eigenvalue weighted by Crippen LogP contribution is -2.24. The Kier molecular flexibility index (Phi) is 3.10. The highest BCUT2D eigenvalue weighted by Crippen LogP contribution is 2.14. The van der Waals surface area contributed by atoms with Crippen LogP contribution < -0.4 is 5.56 Å². The van der Waals surface area contributed by atoms with Gasteiger partial charge in [0.2, 0.25) is 0 Å². The van der Waals surface area contributed by atoms with Crippen molar-refractivity contribution in [1.82, 2.24) is 19.6 Å². The van der Waals surface area contributed by atoms with Gasteiger partial charge in [-0.05, 0) is 18.1 Å². The minimum Gasteiger partial charge on any atom is -0.267 e. The molecular weight excluding hydrogens is 252 g/mol. The van der Waals surface area contributed by atoms with Crippen molar-refractivity contribution in [3.05, 3.63) is 53.1 Å². The van der Waals surface area contributed by atoms with E-state index in [-0.39, 0.29) is 5.56 Å². The zero-order valence-electron chi connectivity index (χ0n) is 11.5. The Balaban J connectivity index is 2.16. The number of nitrogens with zero attached hydrogens (tertiary/aromatic N) is 4. The van der Waals surface area contributed by atoms with Gasteiger partial charge in [0, 0.05) is 6.54 Å². The molecule has 0 aliphatic rings. The third-order valence-corrected chi connectivity index (χ3v) is 3.13. The molecule has 102 valence electrons. The number of para-hydroxylation sites is 1. The summed E-state index contributed by atoms with van der Waals surface area (Å²) < 4.78 is 3.24. The second-order valence-electron chi connectivity index (χ2n) is 5.22. The number of aromatic nitrogens is 4. The van der Waals surface area contributed by atoms with E-state index >= 15 is 0 Å². The number of benzene rings is 1. The molecule has 0 unspecified atom stereocenters. The standard InChI is InChI=1S/C15H16N4O/c1-11(2)10-18-15(20)13-8-17-19(14(13)9-16-18)12-6-4-3-5-7-12/h3-9,11H,10H2,1-2H3. The quantitative estimate of drug-likeness (QED) is 0.732. The van der Waals surface area contributed by atoms with Crippen molar-refractivity contribution in [1.29, 1.82) is 0 Å². The Hall–Kier alpha value is -2.43. The van der Waals surface area contributed by atoms with Crippen LogP contribution in [0.2, 0.25) is 0 Å². The molecule has 20 heavy (non-hydrogen) atoms. The highest BCUT2D eigenvalue weighted by atomic mass is 16.1. The molecule has 0 amide bonds. The van der Waals surface area contributed by atoms with Gasteiger partial charge in [-0.1, -0.05) is 32.0 Å². The summed E-state index contributed by atoms with van der Waals surface area (Å²) in [6.45, 7) is 4.74. The van der Waals surface area contributed by atoms with Crippen molar-refractivity contribution < 1.29 is 0 Å². The van der Waals surface area contributed by atoms with Gasteiger partial charge < -0.3 is 0 Å². The van der Waals surface area contributed by atoms with Crippen LogP contribution in [0.3, 0.4) is 0 Å². The molecule has 0 atom stereocenters. The first kappa shape index (κ1) is 12.6. The average molecular weight is 268 g/mol. The van der Waals surface area contributed by atoms with E-state index in [1.54, 1.807) is 17.1 Å². The van der Waals surface area contributed by atoms with Crippen LogP contribution in [0.1, 0.15) is 13.8 Å². The van der Waals surface area contributed by atoms with Crippen molar-refractivity contribution in [2.45, 2.75) is 20.4 Å². The summed E-state index contributed by atoms with van der Waals surface area (Å²) >= 11 is 0. The van der Waals surface area contributed by atoms with Crippen LogP contribution in [0, 0.1) is 5.92 Å². The lowest BCUT2D eigenvalue weighted by molar-refractivity contribution is 0.467. The molecule has 0 aliphatic heterocycles. The van der Waals surface area contributed by atoms with Crippen LogP contribution in [-0.4, -0.2) is 19.6 Å². The highest BCUT2D eigenvalue weighted by molar-refractivity contribution is 5.78. The van der Waals surface area contributed by atoms with Crippen molar-refractivity contribution in [3.63, 3.8) is 0 Å². The zero-order valence-corrected chi connectivity index (χ0v) is 11.5. The summed E-state index contributed by atoms with van der Waals surface area (Å²) in [5.74, 6) is 0.377. The van der Waals surface area contributed by atoms with Crippen molar-refractivity contribution in [2.24, 2.45) is 5.92 Å². The molecule has 0 radical (unpaired) electrons. The van der Waals surface area contributed by atoms with Crippen molar-refractivity contribution >= 4 is 10.9 Å². The van der Waals surface area contributed by atoms with Crippen LogP contribution in [0.4, 0.5) is 0 Å². The Morgan fingerprint density at radius 1 is 1.10 bits per heavy atom. The van der Waals surface area contributed by atoms with Crippen molar-refractivity contribution in [2.75, 3.05) is 0 Å². The van der Waals surface area contributed by atoms with E-state index in [2.05, 4.69) is 24.0 Å². The summed E-state index contributed by atoms with van der Waals surface area (Å²) in [5.41, 5.74) is 1.57. The lowest BCUT2D eigenvalue weighted by atomic mass is 10.2. The number of fused-ring (bicyclic) bond motifs is 1. The molecule has 3 rings (SSSR count). The molecule has 2 heterocycles. The van der Waals surface area contributed by atoms with E-state index in [0.29, 0.717) is 17.8 Å². The normalized spacial score (nSPS) is 11.3. The smallest absolute Gasteiger partial charge is 0.267 e. The molecule has 0 aliphatic carbocycles. The predicted octanol–water partition coefficient (Wildman–Crippen LogP) is 2.24. The third kappa shape index (κ3) is 2.11. The SMILES string of the molecule is CC(C)Cn1ncc2c(cnn2-c2ccccc2)c1=O. The average Bonchev–Trinajstić information content (AvgIpc) is 2.87. The third-order valence-electron chi connectivity index (χ3n) is 3.13. The Bertz CT molecular complexity index is 786. The Labute approximate surface area is 116 Å². The van der Waals surface area contributed by atoms with E-state index in [0.717, 1.165) is 11.2 Å². The highest BCUT2D eigenvalue weighted by Gasteiger charge is 2.11. The topological polar surface area (TPSA) is 52.7 Å². The lowest BCUT2D eigenvalue weighted by Gasteiger charge is -2.07. The number of hydrogen-bond acceptors (Lipinski definition) is 3. The molecule has 5 heteroatoms. The van der Waals surface area contributed by atoms with Crippen LogP contribution in [0.25, 0.3) is 16.6 Å². The van der Waals surface area contributed by atoms with Crippen LogP contribution in [0.15, 0.2) is 47.5 Å². The Morgan fingerprint density at radius 2 is 1.85 bits per heavy atom. The molecule has 0 fully saturated rings. The maximum absolute atomic E-state index is 12.4. The fourth-order valence-electron chi connectivity index (χ4n) is 2.21. The number of hydrogen-bond donors (Lipinski definition) is 0. The monoisotopic (exact) mass is 268 g/mol. The first-order chi connectivity index (χ1) is 9.66. The summed E-state index contributed by atoms with van der Waals surface area (Å²) in [4.78, 5) is 12.4. The molecule has 1 aromatic carbocycles. The molecule has 3 aromatic rings. The summed E-state index contributed by atoms with van der Waals surface area (Å²) in [7, 11) is 0. The first-order valence-electron chi connectivity index (χ1n) is 6.66. The fourth-order valence-corrected chi connectivity index (χ4v) is 2.21. The molecule has 0 saturated carbocycles. The summed E-state index contributed by atoms with van der Waals surface area (Å²) in [6.07, 6.45) is 3.32. The van der Waals surface area contributed by atoms with E-state index in [4.69, 9.17) is 0 Å². The summed E-state index contributed by atoms with van der Waals surface area (Å²) in [5, 5.41) is 9.16. The van der Waals surface area contributed by atoms with Crippen LogP contribution in [-0.2, 0) is 6.54 Å². The van der Waals surface area contributed by atoms with E-state index in [1.807, 2.05) is 30.3 Å². The van der Waals surface area contributed by atoms with Gasteiger partial charge in [-0.15, -0.1) is 0 Å². The van der Waals surface area contributed by atoms with Gasteiger partial charge in [0.15, 0.2) is 0 Å². The molecule has 0 saturated heterocycles. The molecule has 0 bridgehead atoms. The molecule has 5 nitrogen and oxygen atoms in total. The molecule has 0 N–H and O–H groups in total. The predicted molar refractivity (Wildman–Crippen MR) is 78.0 cm³/mol. The Morgan fingerprint density at radius 3 is 2.55 bits per heavy atom. The largest absolute Gasteiger partial charge is 0.277 e.